The molecule has 2 amide bonds. The lowest BCUT2D eigenvalue weighted by atomic mass is 10.1. The molecule has 2 saturated heterocycles. The zero-order valence-electron chi connectivity index (χ0n) is 13.4. The second-order valence-electron chi connectivity index (χ2n) is 6.25. The molecule has 0 aromatic heterocycles. The average Bonchev–Trinajstić information content (AvgIpc) is 2.98. The number of nitrogens with zero attached hydrogens (tertiary/aromatic N) is 2. The Bertz CT molecular complexity index is 634. The van der Waals surface area contributed by atoms with Gasteiger partial charge in [-0.05, 0) is 50.5 Å². The molecule has 0 spiro atoms. The van der Waals surface area contributed by atoms with E-state index >= 15 is 0 Å². The van der Waals surface area contributed by atoms with Crippen LogP contribution in [0.4, 0.5) is 0 Å². The Morgan fingerprint density at radius 2 is 2.22 bits per heavy atom. The molecule has 2 atom stereocenters. The highest BCUT2D eigenvalue weighted by Crippen LogP contribution is 2.26. The van der Waals surface area contributed by atoms with Crippen molar-refractivity contribution in [1.82, 2.24) is 9.80 Å². The molecule has 1 aromatic carbocycles. The van der Waals surface area contributed by atoms with E-state index in [0.29, 0.717) is 17.3 Å². The molecule has 0 saturated carbocycles. The first kappa shape index (κ1) is 16.1. The van der Waals surface area contributed by atoms with Crippen LogP contribution in [0.2, 0.25) is 5.02 Å². The van der Waals surface area contributed by atoms with Crippen LogP contribution in [0.25, 0.3) is 0 Å². The molecular weight excluding hydrogens is 316 g/mol. The van der Waals surface area contributed by atoms with Gasteiger partial charge in [0.2, 0.25) is 5.91 Å². The fraction of sp³-hybridized carbons (Fsp3) is 0.529. The maximum atomic E-state index is 12.5. The maximum absolute atomic E-state index is 12.5. The minimum atomic E-state index is -0.410. The first-order chi connectivity index (χ1) is 11.0. The molecule has 0 radical (unpaired) electrons. The van der Waals surface area contributed by atoms with Crippen molar-refractivity contribution < 1.29 is 14.3 Å². The van der Waals surface area contributed by atoms with Crippen LogP contribution in [0, 0.1) is 6.92 Å². The number of hydrogen-bond donors (Lipinski definition) is 0. The molecule has 6 heteroatoms. The summed E-state index contributed by atoms with van der Waals surface area (Å²) in [6, 6.07) is 5.04. The van der Waals surface area contributed by atoms with Crippen LogP contribution in [0.15, 0.2) is 18.2 Å². The van der Waals surface area contributed by atoms with Gasteiger partial charge < -0.3 is 14.5 Å². The molecule has 2 heterocycles. The highest BCUT2D eigenvalue weighted by Gasteiger charge is 2.41. The molecule has 2 aliphatic rings. The smallest absolute Gasteiger partial charge is 0.261 e. The van der Waals surface area contributed by atoms with Crippen molar-refractivity contribution in [3.05, 3.63) is 28.8 Å². The summed E-state index contributed by atoms with van der Waals surface area (Å²) in [5, 5.41) is 0.637. The van der Waals surface area contributed by atoms with Crippen molar-refractivity contribution in [2.45, 2.75) is 38.8 Å². The van der Waals surface area contributed by atoms with Gasteiger partial charge in [0.15, 0.2) is 6.61 Å². The summed E-state index contributed by atoms with van der Waals surface area (Å²) in [6.07, 6.45) is 1.99. The van der Waals surface area contributed by atoms with Crippen LogP contribution in [-0.4, -0.2) is 53.4 Å². The Morgan fingerprint density at radius 3 is 2.96 bits per heavy atom. The molecule has 5 nitrogen and oxygen atoms in total. The van der Waals surface area contributed by atoms with Crippen molar-refractivity contribution in [3.63, 3.8) is 0 Å². The predicted octanol–water partition coefficient (Wildman–Crippen LogP) is 2.25. The topological polar surface area (TPSA) is 49.9 Å². The fourth-order valence-electron chi connectivity index (χ4n) is 3.39. The van der Waals surface area contributed by atoms with E-state index in [9.17, 15) is 9.59 Å². The second-order valence-corrected chi connectivity index (χ2v) is 6.68. The van der Waals surface area contributed by atoms with Gasteiger partial charge in [-0.25, -0.2) is 0 Å². The van der Waals surface area contributed by atoms with E-state index in [0.717, 1.165) is 24.9 Å². The number of rotatable bonds is 3. The van der Waals surface area contributed by atoms with Crippen molar-refractivity contribution >= 4 is 23.4 Å². The first-order valence-corrected chi connectivity index (χ1v) is 8.34. The summed E-state index contributed by atoms with van der Waals surface area (Å²) in [4.78, 5) is 28.4. The summed E-state index contributed by atoms with van der Waals surface area (Å²) < 4.78 is 5.63. The Hall–Kier alpha value is -1.75. The van der Waals surface area contributed by atoms with Crippen molar-refractivity contribution in [2.24, 2.45) is 0 Å². The lowest BCUT2D eigenvalue weighted by Crippen LogP contribution is -2.60. The molecule has 0 bridgehead atoms. The number of piperazine rings is 1. The number of benzene rings is 1. The van der Waals surface area contributed by atoms with Crippen LogP contribution in [-0.2, 0) is 9.59 Å². The number of hydrogen-bond acceptors (Lipinski definition) is 3. The summed E-state index contributed by atoms with van der Waals surface area (Å²) in [5.41, 5.74) is 0.884. The number of aryl methyl sites for hydroxylation is 1. The number of carbonyl (C=O) groups excluding carboxylic acids is 2. The van der Waals surface area contributed by atoms with Crippen molar-refractivity contribution in [2.75, 3.05) is 19.7 Å². The third-order valence-corrected chi connectivity index (χ3v) is 4.94. The Morgan fingerprint density at radius 1 is 1.43 bits per heavy atom. The van der Waals surface area contributed by atoms with E-state index < -0.39 is 6.04 Å². The molecule has 0 N–H and O–H groups in total. The van der Waals surface area contributed by atoms with Gasteiger partial charge in [0.05, 0.1) is 0 Å². The quantitative estimate of drug-likeness (QED) is 0.850. The van der Waals surface area contributed by atoms with Crippen LogP contribution in [0.1, 0.15) is 25.3 Å². The zero-order valence-corrected chi connectivity index (χ0v) is 14.2. The Balaban J connectivity index is 1.64. The van der Waals surface area contributed by atoms with Crippen molar-refractivity contribution in [1.29, 1.82) is 0 Å². The summed E-state index contributed by atoms with van der Waals surface area (Å²) in [5.74, 6) is 0.544. The molecule has 3 rings (SSSR count). The number of halogens is 1. The Labute approximate surface area is 141 Å². The fourth-order valence-corrected chi connectivity index (χ4v) is 3.62. The molecule has 0 aliphatic carbocycles. The minimum Gasteiger partial charge on any atom is -0.483 e. The number of ether oxygens (including phenoxy) is 1. The predicted molar refractivity (Wildman–Crippen MR) is 87.6 cm³/mol. The van der Waals surface area contributed by atoms with Gasteiger partial charge in [-0.3, -0.25) is 9.59 Å². The van der Waals surface area contributed by atoms with Gasteiger partial charge in [-0.2, -0.15) is 0 Å². The molecular formula is C17H21ClN2O3. The second kappa shape index (κ2) is 6.40. The molecule has 23 heavy (non-hydrogen) atoms. The standard InChI is InChI=1S/C17H21ClN2O3/c1-11-8-13(18)5-6-15(11)23-10-16(21)20-9-14-4-3-7-19(14)17(22)12(20)2/h5-6,8,12,14H,3-4,7,9-10H2,1-2H3/t12-,14+/m0/s1. The summed E-state index contributed by atoms with van der Waals surface area (Å²) in [6.45, 7) is 5.04. The van der Waals surface area contributed by atoms with Crippen LogP contribution in [0.5, 0.6) is 5.75 Å². The third kappa shape index (κ3) is 3.15. The molecule has 2 fully saturated rings. The maximum Gasteiger partial charge on any atom is 0.261 e. The average molecular weight is 337 g/mol. The van der Waals surface area contributed by atoms with Crippen LogP contribution < -0.4 is 4.74 Å². The molecule has 0 unspecified atom stereocenters. The monoisotopic (exact) mass is 336 g/mol. The van der Waals surface area contributed by atoms with E-state index in [2.05, 4.69) is 0 Å². The zero-order chi connectivity index (χ0) is 16.6. The van der Waals surface area contributed by atoms with Crippen LogP contribution >= 0.6 is 11.6 Å². The normalized spacial score (nSPS) is 23.9. The molecule has 124 valence electrons. The SMILES string of the molecule is Cc1cc(Cl)ccc1OCC(=O)N1C[C@H]2CCCN2C(=O)[C@@H]1C. The van der Waals surface area contributed by atoms with Gasteiger partial charge in [0.1, 0.15) is 11.8 Å². The Kier molecular flexibility index (Phi) is 4.48. The summed E-state index contributed by atoms with van der Waals surface area (Å²) >= 11 is 5.92. The molecule has 2 aliphatic heterocycles. The van der Waals surface area contributed by atoms with Gasteiger partial charge >= 0.3 is 0 Å². The van der Waals surface area contributed by atoms with Gasteiger partial charge in [-0.1, -0.05) is 11.6 Å². The van der Waals surface area contributed by atoms with E-state index in [-0.39, 0.29) is 24.5 Å². The van der Waals surface area contributed by atoms with E-state index in [1.165, 1.54) is 0 Å². The van der Waals surface area contributed by atoms with E-state index in [1.54, 1.807) is 30.0 Å². The highest BCUT2D eigenvalue weighted by molar-refractivity contribution is 6.30. The lowest BCUT2D eigenvalue weighted by Gasteiger charge is -2.41. The molecule has 1 aromatic rings. The highest BCUT2D eigenvalue weighted by atomic mass is 35.5. The van der Waals surface area contributed by atoms with E-state index in [4.69, 9.17) is 16.3 Å². The number of amides is 2. The largest absolute Gasteiger partial charge is 0.483 e. The van der Waals surface area contributed by atoms with Gasteiger partial charge in [-0.15, -0.1) is 0 Å². The minimum absolute atomic E-state index is 0.0507. The van der Waals surface area contributed by atoms with E-state index in [1.807, 2.05) is 11.8 Å². The third-order valence-electron chi connectivity index (χ3n) is 4.70. The first-order valence-electron chi connectivity index (χ1n) is 7.96. The van der Waals surface area contributed by atoms with Gasteiger partial charge in [0.25, 0.3) is 5.91 Å². The van der Waals surface area contributed by atoms with Crippen molar-refractivity contribution in [3.8, 4) is 5.75 Å². The number of carbonyl (C=O) groups is 2. The number of fused-ring (bicyclic) bond motifs is 1. The van der Waals surface area contributed by atoms with Gasteiger partial charge in [0, 0.05) is 24.2 Å². The summed E-state index contributed by atoms with van der Waals surface area (Å²) in [7, 11) is 0. The lowest BCUT2D eigenvalue weighted by molar-refractivity contribution is -0.153. The van der Waals surface area contributed by atoms with Crippen LogP contribution in [0.3, 0.4) is 0 Å².